The van der Waals surface area contributed by atoms with Crippen molar-refractivity contribution in [2.45, 2.75) is 20.3 Å². The Morgan fingerprint density at radius 3 is 2.38 bits per heavy atom. The zero-order valence-electron chi connectivity index (χ0n) is 14.6. The Morgan fingerprint density at radius 2 is 1.79 bits per heavy atom. The summed E-state index contributed by atoms with van der Waals surface area (Å²) in [5, 5.41) is 17.8. The van der Waals surface area contributed by atoms with Crippen molar-refractivity contribution in [3.63, 3.8) is 0 Å². The van der Waals surface area contributed by atoms with Crippen LogP contribution in [0.25, 0.3) is 0 Å². The number of aliphatic hydroxyl groups is 1. The van der Waals surface area contributed by atoms with Crippen LogP contribution in [-0.4, -0.2) is 31.9 Å². The third-order valence-electron chi connectivity index (χ3n) is 3.75. The van der Waals surface area contributed by atoms with E-state index in [1.165, 1.54) is 0 Å². The number of anilines is 1. The second kappa shape index (κ2) is 9.03. The van der Waals surface area contributed by atoms with Crippen molar-refractivity contribution in [2.24, 2.45) is 10.2 Å². The largest absolute Gasteiger partial charge is 0.497 e. The Kier molecular flexibility index (Phi) is 6.75. The van der Waals surface area contributed by atoms with E-state index in [4.69, 9.17) is 4.74 Å². The molecule has 0 atom stereocenters. The van der Waals surface area contributed by atoms with E-state index in [2.05, 4.69) is 28.1 Å². The van der Waals surface area contributed by atoms with Crippen LogP contribution in [0.4, 0.5) is 17.1 Å². The molecule has 0 fully saturated rings. The number of azo groups is 1. The molecular weight excluding hydrogens is 302 g/mol. The highest BCUT2D eigenvalue weighted by Crippen LogP contribution is 2.27. The minimum Gasteiger partial charge on any atom is -0.497 e. The molecule has 0 spiro atoms. The zero-order chi connectivity index (χ0) is 17.4. The standard InChI is InChI=1S/C19H25N3O2/c1-4-11-22(12-13-23)17-7-10-19(15(2)14-17)21-20-16-5-8-18(24-3)9-6-16/h5-10,14,23H,4,11-13H2,1-3H3. The summed E-state index contributed by atoms with van der Waals surface area (Å²) in [7, 11) is 1.64. The number of ether oxygens (including phenoxy) is 1. The van der Waals surface area contributed by atoms with Crippen LogP contribution < -0.4 is 9.64 Å². The third-order valence-corrected chi connectivity index (χ3v) is 3.75. The molecule has 1 N–H and O–H groups in total. The first-order valence-corrected chi connectivity index (χ1v) is 8.20. The first kappa shape index (κ1) is 17.9. The molecule has 0 unspecified atom stereocenters. The van der Waals surface area contributed by atoms with Crippen molar-refractivity contribution < 1.29 is 9.84 Å². The summed E-state index contributed by atoms with van der Waals surface area (Å²) >= 11 is 0. The Balaban J connectivity index is 2.14. The number of rotatable bonds is 8. The van der Waals surface area contributed by atoms with E-state index < -0.39 is 0 Å². The van der Waals surface area contributed by atoms with Gasteiger partial charge in [-0.15, -0.1) is 0 Å². The molecule has 2 aromatic rings. The molecular formula is C19H25N3O2. The van der Waals surface area contributed by atoms with Crippen LogP contribution in [-0.2, 0) is 0 Å². The lowest BCUT2D eigenvalue weighted by Gasteiger charge is -2.23. The Hall–Kier alpha value is -2.40. The van der Waals surface area contributed by atoms with Crippen molar-refractivity contribution in [1.29, 1.82) is 0 Å². The number of hydrogen-bond acceptors (Lipinski definition) is 5. The lowest BCUT2D eigenvalue weighted by atomic mass is 10.1. The molecule has 0 saturated carbocycles. The van der Waals surface area contributed by atoms with Gasteiger partial charge in [0.2, 0.25) is 0 Å². The van der Waals surface area contributed by atoms with Crippen molar-refractivity contribution >= 4 is 17.1 Å². The normalized spacial score (nSPS) is 11.0. The summed E-state index contributed by atoms with van der Waals surface area (Å²) in [4.78, 5) is 2.18. The molecule has 0 aliphatic rings. The summed E-state index contributed by atoms with van der Waals surface area (Å²) in [6.45, 7) is 5.87. The van der Waals surface area contributed by atoms with Gasteiger partial charge >= 0.3 is 0 Å². The molecule has 0 saturated heterocycles. The maximum absolute atomic E-state index is 9.21. The minimum atomic E-state index is 0.151. The maximum Gasteiger partial charge on any atom is 0.119 e. The maximum atomic E-state index is 9.21. The second-order valence-corrected chi connectivity index (χ2v) is 5.58. The van der Waals surface area contributed by atoms with Gasteiger partial charge in [-0.25, -0.2) is 0 Å². The van der Waals surface area contributed by atoms with Gasteiger partial charge in [-0.3, -0.25) is 0 Å². The third kappa shape index (κ3) is 4.80. The molecule has 2 rings (SSSR count). The highest BCUT2D eigenvalue weighted by atomic mass is 16.5. The summed E-state index contributed by atoms with van der Waals surface area (Å²) in [5.74, 6) is 0.800. The van der Waals surface area contributed by atoms with E-state index in [0.717, 1.165) is 41.3 Å². The van der Waals surface area contributed by atoms with Crippen LogP contribution in [0.1, 0.15) is 18.9 Å². The topological polar surface area (TPSA) is 57.4 Å². The van der Waals surface area contributed by atoms with E-state index in [1.807, 2.05) is 43.3 Å². The average molecular weight is 327 g/mol. The molecule has 128 valence electrons. The zero-order valence-corrected chi connectivity index (χ0v) is 14.6. The Bertz CT molecular complexity index is 663. The van der Waals surface area contributed by atoms with E-state index in [-0.39, 0.29) is 6.61 Å². The fraction of sp³-hybridized carbons (Fsp3) is 0.368. The smallest absolute Gasteiger partial charge is 0.119 e. The van der Waals surface area contributed by atoms with Crippen LogP contribution in [0.15, 0.2) is 52.7 Å². The van der Waals surface area contributed by atoms with E-state index in [0.29, 0.717) is 6.54 Å². The van der Waals surface area contributed by atoms with Gasteiger partial charge < -0.3 is 14.7 Å². The Labute approximate surface area is 143 Å². The number of benzene rings is 2. The van der Waals surface area contributed by atoms with Gasteiger partial charge in [0.05, 0.1) is 25.1 Å². The molecule has 0 aromatic heterocycles. The van der Waals surface area contributed by atoms with Crippen LogP contribution in [0.2, 0.25) is 0 Å². The molecule has 0 aliphatic heterocycles. The first-order chi connectivity index (χ1) is 11.7. The molecule has 0 aliphatic carbocycles. The monoisotopic (exact) mass is 327 g/mol. The van der Waals surface area contributed by atoms with Gasteiger partial charge in [0.1, 0.15) is 5.75 Å². The molecule has 24 heavy (non-hydrogen) atoms. The number of aliphatic hydroxyl groups excluding tert-OH is 1. The molecule has 0 heterocycles. The highest BCUT2D eigenvalue weighted by molar-refractivity contribution is 5.57. The minimum absolute atomic E-state index is 0.151. The fourth-order valence-corrected chi connectivity index (χ4v) is 2.47. The SMILES string of the molecule is CCCN(CCO)c1ccc(N=Nc2ccc(OC)cc2)c(C)c1. The summed E-state index contributed by atoms with van der Waals surface area (Å²) in [6, 6.07) is 13.6. The predicted octanol–water partition coefficient (Wildman–Crippen LogP) is 4.63. The van der Waals surface area contributed by atoms with E-state index >= 15 is 0 Å². The summed E-state index contributed by atoms with van der Waals surface area (Å²) in [6.07, 6.45) is 1.04. The fourth-order valence-electron chi connectivity index (χ4n) is 2.47. The summed E-state index contributed by atoms with van der Waals surface area (Å²) < 4.78 is 5.13. The van der Waals surface area contributed by atoms with Crippen LogP contribution in [0.3, 0.4) is 0 Å². The van der Waals surface area contributed by atoms with E-state index in [1.54, 1.807) is 7.11 Å². The molecule has 2 aromatic carbocycles. The Morgan fingerprint density at radius 1 is 1.04 bits per heavy atom. The molecule has 5 nitrogen and oxygen atoms in total. The molecule has 5 heteroatoms. The predicted molar refractivity (Wildman–Crippen MR) is 97.9 cm³/mol. The second-order valence-electron chi connectivity index (χ2n) is 5.58. The molecule has 0 bridgehead atoms. The van der Waals surface area contributed by atoms with Gasteiger partial charge in [0.15, 0.2) is 0 Å². The highest BCUT2D eigenvalue weighted by Gasteiger charge is 2.07. The van der Waals surface area contributed by atoms with Crippen LogP contribution >= 0.6 is 0 Å². The van der Waals surface area contributed by atoms with Crippen LogP contribution in [0, 0.1) is 6.92 Å². The number of nitrogens with zero attached hydrogens (tertiary/aromatic N) is 3. The van der Waals surface area contributed by atoms with Gasteiger partial charge in [0.25, 0.3) is 0 Å². The molecule has 0 radical (unpaired) electrons. The number of aryl methyl sites for hydroxylation is 1. The lowest BCUT2D eigenvalue weighted by Crippen LogP contribution is -2.27. The van der Waals surface area contributed by atoms with Crippen molar-refractivity contribution in [1.82, 2.24) is 0 Å². The van der Waals surface area contributed by atoms with E-state index in [9.17, 15) is 5.11 Å². The number of hydrogen-bond donors (Lipinski definition) is 1. The quantitative estimate of drug-likeness (QED) is 0.719. The van der Waals surface area contributed by atoms with Gasteiger partial charge in [-0.05, 0) is 61.4 Å². The lowest BCUT2D eigenvalue weighted by molar-refractivity contribution is 0.302. The average Bonchev–Trinajstić information content (AvgIpc) is 2.61. The van der Waals surface area contributed by atoms with Crippen LogP contribution in [0.5, 0.6) is 5.75 Å². The van der Waals surface area contributed by atoms with Crippen molar-refractivity contribution in [2.75, 3.05) is 31.7 Å². The number of methoxy groups -OCH3 is 1. The van der Waals surface area contributed by atoms with Gasteiger partial charge in [-0.2, -0.15) is 10.2 Å². The van der Waals surface area contributed by atoms with Gasteiger partial charge in [-0.1, -0.05) is 6.92 Å². The van der Waals surface area contributed by atoms with Crippen molar-refractivity contribution in [3.8, 4) is 5.75 Å². The first-order valence-electron chi connectivity index (χ1n) is 8.20. The van der Waals surface area contributed by atoms with Crippen molar-refractivity contribution in [3.05, 3.63) is 48.0 Å². The van der Waals surface area contributed by atoms with Gasteiger partial charge in [0, 0.05) is 18.8 Å². The summed E-state index contributed by atoms with van der Waals surface area (Å²) in [5.41, 5.74) is 3.79. The molecule has 0 amide bonds.